The normalized spacial score (nSPS) is 10.8. The van der Waals surface area contributed by atoms with Crippen LogP contribution >= 0.6 is 0 Å². The Morgan fingerprint density at radius 1 is 1.14 bits per heavy atom. The third-order valence-corrected chi connectivity index (χ3v) is 3.94. The van der Waals surface area contributed by atoms with Crippen molar-refractivity contribution in [3.63, 3.8) is 0 Å². The molecule has 7 nitrogen and oxygen atoms in total. The largest absolute Gasteiger partial charge is 0.497 e. The summed E-state index contributed by atoms with van der Waals surface area (Å²) < 4.78 is 10.7. The van der Waals surface area contributed by atoms with E-state index >= 15 is 0 Å². The first kappa shape index (κ1) is 19.2. The van der Waals surface area contributed by atoms with Crippen molar-refractivity contribution in [1.82, 2.24) is 15.6 Å². The van der Waals surface area contributed by atoms with Crippen LogP contribution in [0.25, 0.3) is 11.3 Å². The lowest BCUT2D eigenvalue weighted by Gasteiger charge is -2.04. The zero-order valence-electron chi connectivity index (χ0n) is 15.8. The number of hydrazone groups is 1. The van der Waals surface area contributed by atoms with Gasteiger partial charge >= 0.3 is 0 Å². The quantitative estimate of drug-likeness (QED) is 0.463. The van der Waals surface area contributed by atoms with E-state index in [1.807, 2.05) is 48.5 Å². The second-order valence-corrected chi connectivity index (χ2v) is 6.01. The minimum absolute atomic E-state index is 0.327. The summed E-state index contributed by atoms with van der Waals surface area (Å²) in [4.78, 5) is 12.2. The Kier molecular flexibility index (Phi) is 6.41. The molecule has 7 heteroatoms. The molecule has 0 bridgehead atoms. The molecule has 0 unspecified atom stereocenters. The lowest BCUT2D eigenvalue weighted by atomic mass is 10.1. The van der Waals surface area contributed by atoms with Gasteiger partial charge in [-0.3, -0.25) is 9.89 Å². The van der Waals surface area contributed by atoms with E-state index < -0.39 is 0 Å². The lowest BCUT2D eigenvalue weighted by Crippen LogP contribution is -2.17. The minimum Gasteiger partial charge on any atom is -0.497 e. The predicted molar refractivity (Wildman–Crippen MR) is 108 cm³/mol. The van der Waals surface area contributed by atoms with E-state index in [-0.39, 0.29) is 5.91 Å². The van der Waals surface area contributed by atoms with E-state index in [9.17, 15) is 4.79 Å². The van der Waals surface area contributed by atoms with Crippen LogP contribution in [0.5, 0.6) is 11.5 Å². The van der Waals surface area contributed by atoms with Crippen molar-refractivity contribution >= 4 is 12.1 Å². The highest BCUT2D eigenvalue weighted by Crippen LogP contribution is 2.21. The number of methoxy groups -OCH3 is 1. The number of aromatic amines is 1. The molecular weight excluding hydrogens is 356 g/mol. The zero-order valence-corrected chi connectivity index (χ0v) is 15.8. The third-order valence-electron chi connectivity index (χ3n) is 3.94. The second-order valence-electron chi connectivity index (χ2n) is 6.01. The van der Waals surface area contributed by atoms with Crippen molar-refractivity contribution in [2.24, 2.45) is 5.10 Å². The number of rotatable bonds is 8. The van der Waals surface area contributed by atoms with Crippen LogP contribution in [0.2, 0.25) is 0 Å². The molecule has 0 aliphatic heterocycles. The van der Waals surface area contributed by atoms with E-state index in [0.717, 1.165) is 29.0 Å². The number of amides is 1. The number of hydrogen-bond donors (Lipinski definition) is 2. The lowest BCUT2D eigenvalue weighted by molar-refractivity contribution is 0.0950. The number of carbonyl (C=O) groups is 1. The van der Waals surface area contributed by atoms with Crippen LogP contribution in [-0.2, 0) is 0 Å². The number of carbonyl (C=O) groups excluding carboxylic acids is 1. The Morgan fingerprint density at radius 2 is 1.86 bits per heavy atom. The van der Waals surface area contributed by atoms with Crippen molar-refractivity contribution in [2.45, 2.75) is 13.3 Å². The van der Waals surface area contributed by atoms with Crippen molar-refractivity contribution in [3.8, 4) is 22.8 Å². The standard InChI is InChI=1S/C21H22N4O3/c1-3-12-28-18-10-6-16(7-11-18)19-13-20(24-23-19)21(26)25-22-14-15-4-8-17(27-2)9-5-15/h4-11,13-14H,3,12H2,1-2H3,(H,23,24)(H,25,26). The number of H-pyrrole nitrogens is 1. The molecule has 2 aromatic carbocycles. The molecule has 0 saturated heterocycles. The molecule has 1 amide bonds. The first-order valence-electron chi connectivity index (χ1n) is 8.95. The van der Waals surface area contributed by atoms with Crippen LogP contribution in [0, 0.1) is 0 Å². The fraction of sp³-hybridized carbons (Fsp3) is 0.190. The summed E-state index contributed by atoms with van der Waals surface area (Å²) in [5.74, 6) is 1.20. The van der Waals surface area contributed by atoms with E-state index in [1.54, 1.807) is 19.4 Å². The van der Waals surface area contributed by atoms with Crippen LogP contribution in [0.1, 0.15) is 29.4 Å². The van der Waals surface area contributed by atoms with Crippen molar-refractivity contribution in [2.75, 3.05) is 13.7 Å². The molecule has 0 saturated carbocycles. The van der Waals surface area contributed by atoms with E-state index in [4.69, 9.17) is 9.47 Å². The molecule has 3 aromatic rings. The van der Waals surface area contributed by atoms with Gasteiger partial charge in [0.2, 0.25) is 0 Å². The third kappa shape index (κ3) is 4.97. The summed E-state index contributed by atoms with van der Waals surface area (Å²) in [7, 11) is 1.61. The van der Waals surface area contributed by atoms with Gasteiger partial charge in [-0.25, -0.2) is 5.43 Å². The molecule has 0 radical (unpaired) electrons. The first-order valence-corrected chi connectivity index (χ1v) is 8.95. The molecule has 0 fully saturated rings. The molecule has 1 aromatic heterocycles. The van der Waals surface area contributed by atoms with Gasteiger partial charge in [-0.15, -0.1) is 0 Å². The smallest absolute Gasteiger partial charge is 0.289 e. The first-order chi connectivity index (χ1) is 13.7. The van der Waals surface area contributed by atoms with Crippen LogP contribution in [-0.4, -0.2) is 36.0 Å². The molecular formula is C21H22N4O3. The minimum atomic E-state index is -0.369. The molecule has 1 heterocycles. The van der Waals surface area contributed by atoms with Crippen LogP contribution in [0.3, 0.4) is 0 Å². The van der Waals surface area contributed by atoms with Gasteiger partial charge in [0, 0.05) is 5.56 Å². The summed E-state index contributed by atoms with van der Waals surface area (Å²) in [6.45, 7) is 2.74. The Morgan fingerprint density at radius 3 is 2.54 bits per heavy atom. The summed E-state index contributed by atoms with van der Waals surface area (Å²) >= 11 is 0. The van der Waals surface area contributed by atoms with Gasteiger partial charge in [0.15, 0.2) is 0 Å². The van der Waals surface area contributed by atoms with E-state index in [2.05, 4.69) is 27.6 Å². The topological polar surface area (TPSA) is 88.6 Å². The van der Waals surface area contributed by atoms with E-state index in [0.29, 0.717) is 18.0 Å². The van der Waals surface area contributed by atoms with Gasteiger partial charge in [0.1, 0.15) is 17.2 Å². The Hall–Kier alpha value is -3.61. The van der Waals surface area contributed by atoms with Gasteiger partial charge in [0.25, 0.3) is 5.91 Å². The summed E-state index contributed by atoms with van der Waals surface area (Å²) in [5.41, 5.74) is 5.21. The SMILES string of the molecule is CCCOc1ccc(-c2cc(C(=O)NN=Cc3ccc(OC)cc3)[nH]n2)cc1. The highest BCUT2D eigenvalue weighted by atomic mass is 16.5. The number of aromatic nitrogens is 2. The Bertz CT molecular complexity index is 931. The molecule has 28 heavy (non-hydrogen) atoms. The maximum Gasteiger partial charge on any atom is 0.289 e. The molecule has 0 aliphatic rings. The van der Waals surface area contributed by atoms with Crippen molar-refractivity contribution in [3.05, 3.63) is 65.9 Å². The summed E-state index contributed by atoms with van der Waals surface area (Å²) in [6, 6.07) is 16.6. The molecule has 0 aliphatic carbocycles. The average molecular weight is 378 g/mol. The number of nitrogens with zero attached hydrogens (tertiary/aromatic N) is 2. The zero-order chi connectivity index (χ0) is 19.8. The average Bonchev–Trinajstić information content (AvgIpc) is 3.23. The fourth-order valence-electron chi connectivity index (χ4n) is 2.44. The summed E-state index contributed by atoms with van der Waals surface area (Å²) in [5, 5.41) is 10.9. The highest BCUT2D eigenvalue weighted by Gasteiger charge is 2.10. The maximum absolute atomic E-state index is 12.2. The molecule has 0 spiro atoms. The Balaban J connectivity index is 1.59. The fourth-order valence-corrected chi connectivity index (χ4v) is 2.44. The van der Waals surface area contributed by atoms with Gasteiger partial charge in [-0.2, -0.15) is 10.2 Å². The van der Waals surface area contributed by atoms with E-state index in [1.165, 1.54) is 0 Å². The van der Waals surface area contributed by atoms with Crippen molar-refractivity contribution in [1.29, 1.82) is 0 Å². The molecule has 144 valence electrons. The summed E-state index contributed by atoms with van der Waals surface area (Å²) in [6.07, 6.45) is 2.52. The highest BCUT2D eigenvalue weighted by molar-refractivity contribution is 5.94. The van der Waals surface area contributed by atoms with Crippen LogP contribution in [0.15, 0.2) is 59.7 Å². The predicted octanol–water partition coefficient (Wildman–Crippen LogP) is 3.64. The van der Waals surface area contributed by atoms with Crippen molar-refractivity contribution < 1.29 is 14.3 Å². The number of benzene rings is 2. The number of ether oxygens (including phenoxy) is 2. The molecule has 3 rings (SSSR count). The Labute approximate surface area is 163 Å². The number of hydrogen-bond acceptors (Lipinski definition) is 5. The van der Waals surface area contributed by atoms with Gasteiger partial charge in [0.05, 0.1) is 25.6 Å². The molecule has 0 atom stereocenters. The van der Waals surface area contributed by atoms with Gasteiger partial charge in [-0.05, 0) is 66.6 Å². The van der Waals surface area contributed by atoms with Gasteiger partial charge in [-0.1, -0.05) is 6.92 Å². The molecule has 2 N–H and O–H groups in total. The van der Waals surface area contributed by atoms with Crippen LogP contribution in [0.4, 0.5) is 0 Å². The second kappa shape index (κ2) is 9.36. The number of nitrogens with one attached hydrogen (secondary N) is 2. The monoisotopic (exact) mass is 378 g/mol. The maximum atomic E-state index is 12.2. The van der Waals surface area contributed by atoms with Gasteiger partial charge < -0.3 is 9.47 Å². The van der Waals surface area contributed by atoms with Crippen LogP contribution < -0.4 is 14.9 Å².